The Hall–Kier alpha value is -1.64. The van der Waals surface area contributed by atoms with Gasteiger partial charge in [0.15, 0.2) is 5.69 Å². The predicted octanol–water partition coefficient (Wildman–Crippen LogP) is 0.321. The van der Waals surface area contributed by atoms with Crippen molar-refractivity contribution >= 4 is 24.1 Å². The first-order chi connectivity index (χ1) is 9.07. The fourth-order valence-corrected chi connectivity index (χ4v) is 1.57. The van der Waals surface area contributed by atoms with Crippen LogP contribution in [0, 0.1) is 10.1 Å². The zero-order chi connectivity index (χ0) is 14.3. The molecule has 2 N–H and O–H groups in total. The number of carbonyl (C=O) groups is 1. The molecule has 0 fully saturated rings. The van der Waals surface area contributed by atoms with Crippen LogP contribution in [0.5, 0.6) is 0 Å². The SMILES string of the molecule is COCCNCCNC(=O)c1ccc([N+](=O)[O-])n1C.Cl. The molecule has 1 aromatic rings. The van der Waals surface area contributed by atoms with E-state index in [0.29, 0.717) is 26.2 Å². The molecule has 1 amide bonds. The highest BCUT2D eigenvalue weighted by Gasteiger charge is 2.19. The molecule has 1 aromatic heterocycles. The number of nitro groups is 1. The molecule has 0 atom stereocenters. The number of halogens is 1. The second kappa shape index (κ2) is 9.29. The van der Waals surface area contributed by atoms with Crippen LogP contribution in [0.4, 0.5) is 5.82 Å². The van der Waals surface area contributed by atoms with Crippen molar-refractivity contribution in [3.05, 3.63) is 27.9 Å². The Kier molecular flexibility index (Phi) is 8.53. The third-order valence-electron chi connectivity index (χ3n) is 2.59. The van der Waals surface area contributed by atoms with Crippen LogP contribution in [0.3, 0.4) is 0 Å². The highest BCUT2D eigenvalue weighted by molar-refractivity contribution is 5.93. The summed E-state index contributed by atoms with van der Waals surface area (Å²) in [6.07, 6.45) is 0. The predicted molar refractivity (Wildman–Crippen MR) is 76.4 cm³/mol. The summed E-state index contributed by atoms with van der Waals surface area (Å²) in [7, 11) is 3.11. The topological polar surface area (TPSA) is 98.4 Å². The molecule has 0 spiro atoms. The molecule has 8 nitrogen and oxygen atoms in total. The van der Waals surface area contributed by atoms with Crippen LogP contribution in [0.25, 0.3) is 0 Å². The van der Waals surface area contributed by atoms with Crippen LogP contribution in [0.2, 0.25) is 0 Å². The lowest BCUT2D eigenvalue weighted by Gasteiger charge is -2.05. The number of amides is 1. The van der Waals surface area contributed by atoms with Gasteiger partial charge in [-0.05, 0) is 11.0 Å². The Balaban J connectivity index is 0.00000361. The zero-order valence-corrected chi connectivity index (χ0v) is 12.2. The van der Waals surface area contributed by atoms with Gasteiger partial charge in [0, 0.05) is 32.8 Å². The Bertz CT molecular complexity index is 450. The van der Waals surface area contributed by atoms with Gasteiger partial charge in [0.1, 0.15) is 0 Å². The monoisotopic (exact) mass is 306 g/mol. The number of nitrogens with one attached hydrogen (secondary N) is 2. The molecule has 0 aliphatic rings. The quantitative estimate of drug-likeness (QED) is 0.409. The third-order valence-corrected chi connectivity index (χ3v) is 2.59. The molecule has 0 saturated heterocycles. The lowest BCUT2D eigenvalue weighted by Crippen LogP contribution is -2.33. The Morgan fingerprint density at radius 3 is 2.65 bits per heavy atom. The van der Waals surface area contributed by atoms with Crippen LogP contribution in [-0.2, 0) is 11.8 Å². The number of nitrogens with zero attached hydrogens (tertiary/aromatic N) is 2. The van der Waals surface area contributed by atoms with E-state index in [1.807, 2.05) is 0 Å². The van der Waals surface area contributed by atoms with E-state index < -0.39 is 4.92 Å². The van der Waals surface area contributed by atoms with E-state index in [-0.39, 0.29) is 29.8 Å². The summed E-state index contributed by atoms with van der Waals surface area (Å²) >= 11 is 0. The van der Waals surface area contributed by atoms with Crippen LogP contribution in [0.1, 0.15) is 10.5 Å². The fraction of sp³-hybridized carbons (Fsp3) is 0.545. The second-order valence-electron chi connectivity index (χ2n) is 3.89. The highest BCUT2D eigenvalue weighted by Crippen LogP contribution is 2.14. The van der Waals surface area contributed by atoms with E-state index >= 15 is 0 Å². The van der Waals surface area contributed by atoms with Crippen molar-refractivity contribution in [3.8, 4) is 0 Å². The zero-order valence-electron chi connectivity index (χ0n) is 11.4. The summed E-state index contributed by atoms with van der Waals surface area (Å²) in [6.45, 7) is 2.38. The highest BCUT2D eigenvalue weighted by atomic mass is 35.5. The van der Waals surface area contributed by atoms with E-state index in [1.165, 1.54) is 23.7 Å². The van der Waals surface area contributed by atoms with Crippen molar-refractivity contribution in [2.24, 2.45) is 7.05 Å². The number of hydrogen-bond acceptors (Lipinski definition) is 5. The second-order valence-corrected chi connectivity index (χ2v) is 3.89. The van der Waals surface area contributed by atoms with E-state index in [1.54, 1.807) is 7.11 Å². The third kappa shape index (κ3) is 5.16. The number of aromatic nitrogens is 1. The number of rotatable bonds is 8. The summed E-state index contributed by atoms with van der Waals surface area (Å²) in [5.74, 6) is -0.437. The minimum atomic E-state index is -0.525. The molecule has 0 bridgehead atoms. The van der Waals surface area contributed by atoms with Gasteiger partial charge in [0.25, 0.3) is 5.91 Å². The van der Waals surface area contributed by atoms with Gasteiger partial charge in [0.05, 0.1) is 13.7 Å². The molecule has 0 radical (unpaired) electrons. The van der Waals surface area contributed by atoms with Gasteiger partial charge in [-0.15, -0.1) is 12.4 Å². The van der Waals surface area contributed by atoms with Crippen LogP contribution >= 0.6 is 12.4 Å². The Labute approximate surface area is 123 Å². The van der Waals surface area contributed by atoms with E-state index in [2.05, 4.69) is 10.6 Å². The van der Waals surface area contributed by atoms with Crippen molar-refractivity contribution in [2.45, 2.75) is 0 Å². The maximum Gasteiger partial charge on any atom is 0.323 e. The largest absolute Gasteiger partial charge is 0.383 e. The van der Waals surface area contributed by atoms with Crippen molar-refractivity contribution in [1.82, 2.24) is 15.2 Å². The summed E-state index contributed by atoms with van der Waals surface area (Å²) < 4.78 is 6.12. The Morgan fingerprint density at radius 1 is 1.40 bits per heavy atom. The van der Waals surface area contributed by atoms with Crippen molar-refractivity contribution < 1.29 is 14.5 Å². The molecule has 0 aliphatic heterocycles. The van der Waals surface area contributed by atoms with Gasteiger partial charge in [0.2, 0.25) is 0 Å². The maximum atomic E-state index is 11.8. The fourth-order valence-electron chi connectivity index (χ4n) is 1.57. The van der Waals surface area contributed by atoms with E-state index in [4.69, 9.17) is 4.74 Å². The summed E-state index contributed by atoms with van der Waals surface area (Å²) in [5.41, 5.74) is 0.267. The molecule has 0 saturated carbocycles. The first-order valence-electron chi connectivity index (χ1n) is 5.86. The minimum absolute atomic E-state index is 0. The summed E-state index contributed by atoms with van der Waals surface area (Å²) in [5, 5.41) is 16.4. The molecule has 114 valence electrons. The molecule has 9 heteroatoms. The molecular formula is C11H19ClN4O4. The van der Waals surface area contributed by atoms with Gasteiger partial charge >= 0.3 is 5.82 Å². The summed E-state index contributed by atoms with van der Waals surface area (Å²) in [6, 6.07) is 2.75. The van der Waals surface area contributed by atoms with Crippen LogP contribution < -0.4 is 10.6 Å². The molecule has 0 aromatic carbocycles. The lowest BCUT2D eigenvalue weighted by molar-refractivity contribution is -0.391. The van der Waals surface area contributed by atoms with Crippen molar-refractivity contribution in [3.63, 3.8) is 0 Å². The van der Waals surface area contributed by atoms with E-state index in [0.717, 1.165) is 0 Å². The van der Waals surface area contributed by atoms with Gasteiger partial charge < -0.3 is 25.5 Å². The van der Waals surface area contributed by atoms with Gasteiger partial charge in [-0.25, -0.2) is 4.57 Å². The Morgan fingerprint density at radius 2 is 2.10 bits per heavy atom. The van der Waals surface area contributed by atoms with Crippen LogP contribution in [0.15, 0.2) is 12.1 Å². The molecule has 1 rings (SSSR count). The maximum absolute atomic E-state index is 11.8. The van der Waals surface area contributed by atoms with E-state index in [9.17, 15) is 14.9 Å². The molecule has 0 aliphatic carbocycles. The van der Waals surface area contributed by atoms with Crippen LogP contribution in [-0.4, -0.2) is 48.7 Å². The first-order valence-corrected chi connectivity index (χ1v) is 5.86. The number of carbonyl (C=O) groups excluding carboxylic acids is 1. The number of hydrogen-bond donors (Lipinski definition) is 2. The average Bonchev–Trinajstić information content (AvgIpc) is 2.75. The van der Waals surface area contributed by atoms with Gasteiger partial charge in [-0.3, -0.25) is 4.79 Å². The normalized spacial score (nSPS) is 9.90. The molecule has 0 unspecified atom stereocenters. The minimum Gasteiger partial charge on any atom is -0.383 e. The first kappa shape index (κ1) is 18.4. The van der Waals surface area contributed by atoms with Crippen molar-refractivity contribution in [1.29, 1.82) is 0 Å². The standard InChI is InChI=1S/C11H18N4O4.ClH/c1-14-9(3-4-10(14)15(17)18)11(16)13-6-5-12-7-8-19-2;/h3-4,12H,5-8H2,1-2H3,(H,13,16);1H. The molecule has 1 heterocycles. The van der Waals surface area contributed by atoms with Gasteiger partial charge in [-0.2, -0.15) is 0 Å². The number of methoxy groups -OCH3 is 1. The molecular weight excluding hydrogens is 288 g/mol. The lowest BCUT2D eigenvalue weighted by atomic mass is 10.4. The number of ether oxygens (including phenoxy) is 1. The smallest absolute Gasteiger partial charge is 0.323 e. The summed E-state index contributed by atoms with van der Waals surface area (Å²) in [4.78, 5) is 21.9. The molecule has 20 heavy (non-hydrogen) atoms. The average molecular weight is 307 g/mol. The van der Waals surface area contributed by atoms with Crippen molar-refractivity contribution in [2.75, 3.05) is 33.4 Å². The van der Waals surface area contributed by atoms with Gasteiger partial charge in [-0.1, -0.05) is 0 Å².